The Labute approximate surface area is 88.4 Å². The van der Waals surface area contributed by atoms with Crippen LogP contribution in [-0.4, -0.2) is 25.8 Å². The molecule has 1 heterocycles. The first-order valence-electron chi connectivity index (χ1n) is 5.81. The maximum atomic E-state index is 5.91. The molecule has 1 fully saturated rings. The Bertz CT molecular complexity index is 162. The van der Waals surface area contributed by atoms with Crippen molar-refractivity contribution in [1.82, 2.24) is 5.32 Å². The van der Waals surface area contributed by atoms with Crippen molar-refractivity contribution in [2.45, 2.75) is 46.6 Å². The molecular formula is C12H25NO. The summed E-state index contributed by atoms with van der Waals surface area (Å²) in [5.41, 5.74) is 0.394. The Kier molecular flexibility index (Phi) is 4.39. The van der Waals surface area contributed by atoms with Crippen LogP contribution in [-0.2, 0) is 4.74 Å². The molecular weight excluding hydrogens is 174 g/mol. The van der Waals surface area contributed by atoms with Crippen LogP contribution in [0.4, 0.5) is 0 Å². The highest BCUT2D eigenvalue weighted by molar-refractivity contribution is 4.75. The molecule has 1 rings (SSSR count). The van der Waals surface area contributed by atoms with Gasteiger partial charge in [-0.1, -0.05) is 27.7 Å². The second-order valence-corrected chi connectivity index (χ2v) is 5.69. The first-order chi connectivity index (χ1) is 6.49. The molecule has 0 aromatic carbocycles. The minimum atomic E-state index is 0.394. The molecule has 1 saturated heterocycles. The molecule has 1 aliphatic rings. The van der Waals surface area contributed by atoms with Crippen molar-refractivity contribution in [3.05, 3.63) is 0 Å². The van der Waals surface area contributed by atoms with Crippen molar-refractivity contribution in [2.24, 2.45) is 11.3 Å². The smallest absolute Gasteiger partial charge is 0.0725 e. The van der Waals surface area contributed by atoms with Crippen molar-refractivity contribution >= 4 is 0 Å². The fourth-order valence-electron chi connectivity index (χ4n) is 1.70. The van der Waals surface area contributed by atoms with Crippen molar-refractivity contribution in [3.8, 4) is 0 Å². The lowest BCUT2D eigenvalue weighted by atomic mass is 9.92. The highest BCUT2D eigenvalue weighted by Crippen LogP contribution is 2.20. The zero-order valence-corrected chi connectivity index (χ0v) is 10.1. The van der Waals surface area contributed by atoms with Crippen LogP contribution in [0.5, 0.6) is 0 Å². The van der Waals surface area contributed by atoms with E-state index in [0.717, 1.165) is 32.0 Å². The van der Waals surface area contributed by atoms with E-state index in [4.69, 9.17) is 4.74 Å². The van der Waals surface area contributed by atoms with Gasteiger partial charge in [-0.25, -0.2) is 0 Å². The molecule has 0 aliphatic carbocycles. The minimum Gasteiger partial charge on any atom is -0.377 e. The van der Waals surface area contributed by atoms with E-state index >= 15 is 0 Å². The maximum absolute atomic E-state index is 5.91. The Balaban J connectivity index is 2.17. The van der Waals surface area contributed by atoms with Crippen molar-refractivity contribution in [3.63, 3.8) is 0 Å². The average Bonchev–Trinajstić information content (AvgIpc) is 2.06. The molecule has 84 valence electrons. The van der Waals surface area contributed by atoms with Crippen LogP contribution in [0.25, 0.3) is 0 Å². The molecule has 2 heteroatoms. The largest absolute Gasteiger partial charge is 0.377 e. The van der Waals surface area contributed by atoms with E-state index in [0.29, 0.717) is 11.5 Å². The predicted molar refractivity (Wildman–Crippen MR) is 60.5 cm³/mol. The van der Waals surface area contributed by atoms with Crippen LogP contribution in [0.2, 0.25) is 0 Å². The molecule has 0 spiro atoms. The third kappa shape index (κ3) is 4.43. The lowest BCUT2D eigenvalue weighted by Gasteiger charge is -2.30. The van der Waals surface area contributed by atoms with E-state index in [1.165, 1.54) is 6.42 Å². The van der Waals surface area contributed by atoms with Crippen LogP contribution in [0.1, 0.15) is 40.5 Å². The summed E-state index contributed by atoms with van der Waals surface area (Å²) in [6.45, 7) is 12.2. The molecule has 2 unspecified atom stereocenters. The van der Waals surface area contributed by atoms with Gasteiger partial charge in [0.15, 0.2) is 0 Å². The van der Waals surface area contributed by atoms with Crippen molar-refractivity contribution < 1.29 is 4.74 Å². The highest BCUT2D eigenvalue weighted by Gasteiger charge is 2.22. The second-order valence-electron chi connectivity index (χ2n) is 5.69. The summed E-state index contributed by atoms with van der Waals surface area (Å²) in [5.74, 6) is 0.719. The molecule has 0 amide bonds. The van der Waals surface area contributed by atoms with Gasteiger partial charge in [0.2, 0.25) is 0 Å². The van der Waals surface area contributed by atoms with Gasteiger partial charge in [-0.2, -0.15) is 0 Å². The van der Waals surface area contributed by atoms with E-state index < -0.39 is 0 Å². The van der Waals surface area contributed by atoms with E-state index in [-0.39, 0.29) is 0 Å². The summed E-state index contributed by atoms with van der Waals surface area (Å²) in [5, 5.41) is 3.39. The average molecular weight is 199 g/mol. The van der Waals surface area contributed by atoms with Crippen molar-refractivity contribution in [1.29, 1.82) is 0 Å². The van der Waals surface area contributed by atoms with E-state index in [1.807, 2.05) is 0 Å². The number of rotatable bonds is 3. The minimum absolute atomic E-state index is 0.394. The van der Waals surface area contributed by atoms with Gasteiger partial charge in [0, 0.05) is 13.2 Å². The molecule has 1 aliphatic heterocycles. The van der Waals surface area contributed by atoms with Crippen LogP contribution in [0.15, 0.2) is 0 Å². The van der Waals surface area contributed by atoms with Gasteiger partial charge in [-0.05, 0) is 30.7 Å². The van der Waals surface area contributed by atoms with Crippen LogP contribution in [0.3, 0.4) is 0 Å². The molecule has 0 saturated carbocycles. The molecule has 0 aromatic rings. The Morgan fingerprint density at radius 1 is 1.36 bits per heavy atom. The van der Waals surface area contributed by atoms with Crippen molar-refractivity contribution in [2.75, 3.05) is 19.7 Å². The third-order valence-corrected chi connectivity index (χ3v) is 2.94. The fraction of sp³-hybridized carbons (Fsp3) is 1.00. The SMILES string of the molecule is CC1CCNCC1OCCC(C)(C)C. The van der Waals surface area contributed by atoms with Gasteiger partial charge in [-0.15, -0.1) is 0 Å². The van der Waals surface area contributed by atoms with Gasteiger partial charge in [0.05, 0.1) is 6.10 Å². The standard InChI is InChI=1S/C12H25NO/c1-10-5-7-13-9-11(10)14-8-6-12(2,3)4/h10-11,13H,5-9H2,1-4H3. The monoisotopic (exact) mass is 199 g/mol. The van der Waals surface area contributed by atoms with Gasteiger partial charge in [0.1, 0.15) is 0 Å². The molecule has 0 radical (unpaired) electrons. The molecule has 1 N–H and O–H groups in total. The molecule has 2 atom stereocenters. The summed E-state index contributed by atoms with van der Waals surface area (Å²) in [6, 6.07) is 0. The van der Waals surface area contributed by atoms with Crippen LogP contribution < -0.4 is 5.32 Å². The van der Waals surface area contributed by atoms with Crippen LogP contribution in [0, 0.1) is 11.3 Å². The lowest BCUT2D eigenvalue weighted by Crippen LogP contribution is -2.41. The summed E-state index contributed by atoms with van der Waals surface area (Å²) < 4.78 is 5.91. The molecule has 0 bridgehead atoms. The summed E-state index contributed by atoms with van der Waals surface area (Å²) in [7, 11) is 0. The normalized spacial score (nSPS) is 29.1. The van der Waals surface area contributed by atoms with E-state index in [2.05, 4.69) is 33.0 Å². The summed E-state index contributed by atoms with van der Waals surface area (Å²) >= 11 is 0. The van der Waals surface area contributed by atoms with Gasteiger partial charge >= 0.3 is 0 Å². The van der Waals surface area contributed by atoms with Gasteiger partial charge < -0.3 is 10.1 Å². The zero-order valence-electron chi connectivity index (χ0n) is 10.1. The number of piperidine rings is 1. The Morgan fingerprint density at radius 2 is 2.07 bits per heavy atom. The number of nitrogens with one attached hydrogen (secondary N) is 1. The number of hydrogen-bond donors (Lipinski definition) is 1. The van der Waals surface area contributed by atoms with Gasteiger partial charge in [0.25, 0.3) is 0 Å². The topological polar surface area (TPSA) is 21.3 Å². The first-order valence-corrected chi connectivity index (χ1v) is 5.81. The van der Waals surface area contributed by atoms with Gasteiger partial charge in [-0.3, -0.25) is 0 Å². The number of hydrogen-bond acceptors (Lipinski definition) is 2. The lowest BCUT2D eigenvalue weighted by molar-refractivity contribution is -0.00617. The zero-order chi connectivity index (χ0) is 10.6. The Morgan fingerprint density at radius 3 is 2.64 bits per heavy atom. The Hall–Kier alpha value is -0.0800. The quantitative estimate of drug-likeness (QED) is 0.754. The molecule has 0 aromatic heterocycles. The van der Waals surface area contributed by atoms with E-state index in [1.54, 1.807) is 0 Å². The molecule has 2 nitrogen and oxygen atoms in total. The fourth-order valence-corrected chi connectivity index (χ4v) is 1.70. The molecule has 14 heavy (non-hydrogen) atoms. The summed E-state index contributed by atoms with van der Waals surface area (Å²) in [6.07, 6.45) is 2.84. The second kappa shape index (κ2) is 5.13. The highest BCUT2D eigenvalue weighted by atomic mass is 16.5. The maximum Gasteiger partial charge on any atom is 0.0725 e. The van der Waals surface area contributed by atoms with Crippen LogP contribution >= 0.6 is 0 Å². The third-order valence-electron chi connectivity index (χ3n) is 2.94. The van der Waals surface area contributed by atoms with E-state index in [9.17, 15) is 0 Å². The summed E-state index contributed by atoms with van der Waals surface area (Å²) in [4.78, 5) is 0. The number of ether oxygens (including phenoxy) is 1. The predicted octanol–water partition coefficient (Wildman–Crippen LogP) is 2.44. The first kappa shape index (κ1) is 12.0.